The van der Waals surface area contributed by atoms with E-state index >= 15 is 0 Å². The summed E-state index contributed by atoms with van der Waals surface area (Å²) in [7, 11) is 0. The normalized spacial score (nSPS) is 20.4. The molecule has 1 rings (SSSR count). The summed E-state index contributed by atoms with van der Waals surface area (Å²) in [6, 6.07) is 0. The summed E-state index contributed by atoms with van der Waals surface area (Å²) in [5, 5.41) is 16.3. The predicted octanol–water partition coefficient (Wildman–Crippen LogP) is 0.159. The highest BCUT2D eigenvalue weighted by Crippen LogP contribution is 2.10. The van der Waals surface area contributed by atoms with E-state index in [0.717, 1.165) is 38.9 Å². The smallest absolute Gasteiger partial charge is 0.0905 e. The quantitative estimate of drug-likeness (QED) is 0.431. The SMILES string of the molecule is N=C(N)CCCN1CCC(O)CC1. The van der Waals surface area contributed by atoms with Crippen LogP contribution in [0.25, 0.3) is 0 Å². The van der Waals surface area contributed by atoms with Crippen molar-refractivity contribution in [2.75, 3.05) is 19.6 Å². The van der Waals surface area contributed by atoms with Crippen molar-refractivity contribution < 1.29 is 5.11 Å². The maximum Gasteiger partial charge on any atom is 0.0905 e. The summed E-state index contributed by atoms with van der Waals surface area (Å²) in [4.78, 5) is 2.33. The van der Waals surface area contributed by atoms with E-state index in [9.17, 15) is 5.11 Å². The van der Waals surface area contributed by atoms with Crippen LogP contribution in [0.15, 0.2) is 0 Å². The third-order valence-corrected chi connectivity index (χ3v) is 2.48. The highest BCUT2D eigenvalue weighted by atomic mass is 16.3. The number of amidine groups is 1. The molecule has 1 saturated heterocycles. The Balaban J connectivity index is 2.05. The number of rotatable bonds is 4. The van der Waals surface area contributed by atoms with Gasteiger partial charge in [-0.3, -0.25) is 5.41 Å². The van der Waals surface area contributed by atoms with Crippen molar-refractivity contribution >= 4 is 5.84 Å². The van der Waals surface area contributed by atoms with E-state index in [1.165, 1.54) is 0 Å². The van der Waals surface area contributed by atoms with Gasteiger partial charge in [-0.25, -0.2) is 0 Å². The summed E-state index contributed by atoms with van der Waals surface area (Å²) < 4.78 is 0. The fourth-order valence-corrected chi connectivity index (χ4v) is 1.64. The van der Waals surface area contributed by atoms with Crippen molar-refractivity contribution in [3.05, 3.63) is 0 Å². The van der Waals surface area contributed by atoms with Crippen molar-refractivity contribution in [2.24, 2.45) is 5.73 Å². The molecule has 0 saturated carbocycles. The monoisotopic (exact) mass is 185 g/mol. The molecule has 4 heteroatoms. The second-order valence-electron chi connectivity index (χ2n) is 3.70. The second-order valence-corrected chi connectivity index (χ2v) is 3.70. The number of likely N-dealkylation sites (tertiary alicyclic amines) is 1. The Morgan fingerprint density at radius 1 is 1.46 bits per heavy atom. The number of piperidine rings is 1. The Morgan fingerprint density at radius 2 is 2.08 bits per heavy atom. The largest absolute Gasteiger partial charge is 0.393 e. The molecule has 0 aromatic carbocycles. The maximum atomic E-state index is 9.26. The number of aliphatic hydroxyl groups is 1. The zero-order valence-electron chi connectivity index (χ0n) is 8.00. The molecule has 1 heterocycles. The minimum absolute atomic E-state index is 0.0935. The Hall–Kier alpha value is -0.610. The van der Waals surface area contributed by atoms with Gasteiger partial charge in [0.1, 0.15) is 0 Å². The summed E-state index contributed by atoms with van der Waals surface area (Å²) in [5.74, 6) is 0.275. The fourth-order valence-electron chi connectivity index (χ4n) is 1.64. The van der Waals surface area contributed by atoms with Gasteiger partial charge in [-0.1, -0.05) is 0 Å². The van der Waals surface area contributed by atoms with Crippen molar-refractivity contribution in [3.63, 3.8) is 0 Å². The van der Waals surface area contributed by atoms with Crippen LogP contribution >= 0.6 is 0 Å². The highest BCUT2D eigenvalue weighted by molar-refractivity contribution is 5.76. The number of nitrogens with zero attached hydrogens (tertiary/aromatic N) is 1. The maximum absolute atomic E-state index is 9.26. The number of nitrogens with two attached hydrogens (primary N) is 1. The average molecular weight is 185 g/mol. The molecule has 0 amide bonds. The molecular weight excluding hydrogens is 166 g/mol. The molecule has 0 aliphatic carbocycles. The van der Waals surface area contributed by atoms with Crippen molar-refractivity contribution in [1.29, 1.82) is 5.41 Å². The van der Waals surface area contributed by atoms with E-state index in [1.54, 1.807) is 0 Å². The van der Waals surface area contributed by atoms with Crippen molar-refractivity contribution in [1.82, 2.24) is 4.90 Å². The van der Waals surface area contributed by atoms with E-state index in [4.69, 9.17) is 11.1 Å². The fraction of sp³-hybridized carbons (Fsp3) is 0.889. The third kappa shape index (κ3) is 4.24. The lowest BCUT2D eigenvalue weighted by molar-refractivity contribution is 0.0823. The van der Waals surface area contributed by atoms with Gasteiger partial charge in [-0.15, -0.1) is 0 Å². The zero-order valence-corrected chi connectivity index (χ0v) is 8.00. The van der Waals surface area contributed by atoms with Gasteiger partial charge in [0, 0.05) is 19.5 Å². The Morgan fingerprint density at radius 3 is 2.62 bits per heavy atom. The number of aliphatic hydroxyl groups excluding tert-OH is 1. The lowest BCUT2D eigenvalue weighted by Crippen LogP contribution is -2.36. The molecular formula is C9H19N3O. The van der Waals surface area contributed by atoms with E-state index in [1.807, 2.05) is 0 Å². The van der Waals surface area contributed by atoms with Gasteiger partial charge >= 0.3 is 0 Å². The van der Waals surface area contributed by atoms with Gasteiger partial charge < -0.3 is 15.7 Å². The van der Waals surface area contributed by atoms with Crippen LogP contribution in [0.3, 0.4) is 0 Å². The molecule has 13 heavy (non-hydrogen) atoms. The van der Waals surface area contributed by atoms with E-state index in [-0.39, 0.29) is 11.9 Å². The van der Waals surface area contributed by atoms with Gasteiger partial charge in [0.15, 0.2) is 0 Å². The Labute approximate surface area is 79.2 Å². The molecule has 76 valence electrons. The second kappa shape index (κ2) is 5.19. The summed E-state index contributed by atoms with van der Waals surface area (Å²) in [6.07, 6.45) is 3.34. The van der Waals surface area contributed by atoms with Gasteiger partial charge in [-0.2, -0.15) is 0 Å². The van der Waals surface area contributed by atoms with Gasteiger partial charge in [0.2, 0.25) is 0 Å². The van der Waals surface area contributed by atoms with Crippen LogP contribution in [0, 0.1) is 5.41 Å². The Kier molecular flexibility index (Phi) is 4.18. The van der Waals surface area contributed by atoms with Crippen LogP contribution < -0.4 is 5.73 Å². The summed E-state index contributed by atoms with van der Waals surface area (Å²) in [6.45, 7) is 2.98. The molecule has 1 fully saturated rings. The summed E-state index contributed by atoms with van der Waals surface area (Å²) >= 11 is 0. The molecule has 0 bridgehead atoms. The van der Waals surface area contributed by atoms with Crippen LogP contribution in [0.2, 0.25) is 0 Å². The molecule has 0 radical (unpaired) electrons. The lowest BCUT2D eigenvalue weighted by atomic mass is 10.1. The molecule has 1 aliphatic rings. The number of hydrogen-bond acceptors (Lipinski definition) is 3. The van der Waals surface area contributed by atoms with Gasteiger partial charge in [0.25, 0.3) is 0 Å². The minimum Gasteiger partial charge on any atom is -0.393 e. The minimum atomic E-state index is -0.0935. The highest BCUT2D eigenvalue weighted by Gasteiger charge is 2.15. The van der Waals surface area contributed by atoms with Crippen LogP contribution in [0.5, 0.6) is 0 Å². The van der Waals surface area contributed by atoms with E-state index < -0.39 is 0 Å². The molecule has 0 aromatic heterocycles. The predicted molar refractivity (Wildman–Crippen MR) is 52.8 cm³/mol. The molecule has 4 N–H and O–H groups in total. The van der Waals surface area contributed by atoms with Crippen LogP contribution in [-0.2, 0) is 0 Å². The number of nitrogens with one attached hydrogen (secondary N) is 1. The summed E-state index contributed by atoms with van der Waals surface area (Å²) in [5.41, 5.74) is 5.25. The first-order chi connectivity index (χ1) is 6.18. The average Bonchev–Trinajstić information content (AvgIpc) is 2.08. The van der Waals surface area contributed by atoms with E-state index in [2.05, 4.69) is 4.90 Å². The molecule has 0 unspecified atom stereocenters. The zero-order chi connectivity index (χ0) is 9.68. The van der Waals surface area contributed by atoms with Gasteiger partial charge in [-0.05, 0) is 25.8 Å². The topological polar surface area (TPSA) is 73.3 Å². The lowest BCUT2D eigenvalue weighted by Gasteiger charge is -2.29. The Bertz CT molecular complexity index is 164. The number of hydrogen-bond donors (Lipinski definition) is 3. The van der Waals surface area contributed by atoms with Crippen LogP contribution in [0.1, 0.15) is 25.7 Å². The molecule has 0 spiro atoms. The van der Waals surface area contributed by atoms with Gasteiger partial charge in [0.05, 0.1) is 11.9 Å². The first-order valence-electron chi connectivity index (χ1n) is 4.92. The first kappa shape index (κ1) is 10.5. The van der Waals surface area contributed by atoms with Crippen molar-refractivity contribution in [3.8, 4) is 0 Å². The van der Waals surface area contributed by atoms with Crippen molar-refractivity contribution in [2.45, 2.75) is 31.8 Å². The van der Waals surface area contributed by atoms with Crippen LogP contribution in [0.4, 0.5) is 0 Å². The molecule has 0 aromatic rings. The molecule has 0 atom stereocenters. The third-order valence-electron chi connectivity index (χ3n) is 2.48. The standard InChI is InChI=1S/C9H19N3O/c10-9(11)2-1-5-12-6-3-8(13)4-7-12/h8,13H,1-7H2,(H3,10,11). The molecule has 1 aliphatic heterocycles. The van der Waals surface area contributed by atoms with E-state index in [0.29, 0.717) is 6.42 Å². The molecule has 4 nitrogen and oxygen atoms in total. The first-order valence-corrected chi connectivity index (χ1v) is 4.92. The van der Waals surface area contributed by atoms with Crippen LogP contribution in [-0.4, -0.2) is 41.6 Å².